The summed E-state index contributed by atoms with van der Waals surface area (Å²) in [6.45, 7) is 4.35. The van der Waals surface area contributed by atoms with Crippen molar-refractivity contribution in [1.82, 2.24) is 9.62 Å². The lowest BCUT2D eigenvalue weighted by molar-refractivity contribution is 0.370. The molecule has 2 atom stereocenters. The van der Waals surface area contributed by atoms with Gasteiger partial charge in [0.25, 0.3) is 0 Å². The summed E-state index contributed by atoms with van der Waals surface area (Å²) in [5, 5.41) is 0. The van der Waals surface area contributed by atoms with E-state index in [9.17, 15) is 8.42 Å². The van der Waals surface area contributed by atoms with Gasteiger partial charge in [-0.1, -0.05) is 12.1 Å². The van der Waals surface area contributed by atoms with E-state index in [-0.39, 0.29) is 17.0 Å². The van der Waals surface area contributed by atoms with E-state index >= 15 is 0 Å². The number of hydrogen-bond donors (Lipinski definition) is 2. The molecule has 0 spiro atoms. The van der Waals surface area contributed by atoms with Crippen LogP contribution in [0.15, 0.2) is 29.2 Å². The average molecular weight is 285 g/mol. The molecule has 0 aliphatic rings. The first-order valence-corrected chi connectivity index (χ1v) is 7.73. The quantitative estimate of drug-likeness (QED) is 0.815. The van der Waals surface area contributed by atoms with Crippen molar-refractivity contribution in [2.45, 2.75) is 30.8 Å². The van der Waals surface area contributed by atoms with E-state index in [1.807, 2.05) is 32.8 Å². The Morgan fingerprint density at radius 2 is 1.74 bits per heavy atom. The number of hydrogen-bond acceptors (Lipinski definition) is 4. The van der Waals surface area contributed by atoms with Gasteiger partial charge in [-0.15, -0.1) is 0 Å². The summed E-state index contributed by atoms with van der Waals surface area (Å²) < 4.78 is 26.9. The van der Waals surface area contributed by atoms with Crippen molar-refractivity contribution in [1.29, 1.82) is 0 Å². The number of nitrogens with zero attached hydrogens (tertiary/aromatic N) is 1. The Labute approximate surface area is 115 Å². The third-order valence-corrected chi connectivity index (χ3v) is 4.32. The van der Waals surface area contributed by atoms with Crippen LogP contribution in [-0.4, -0.2) is 40.0 Å². The Morgan fingerprint density at radius 3 is 2.16 bits per heavy atom. The van der Waals surface area contributed by atoms with Gasteiger partial charge in [-0.3, -0.25) is 0 Å². The van der Waals surface area contributed by atoms with E-state index in [2.05, 4.69) is 4.72 Å². The van der Waals surface area contributed by atoms with Crippen molar-refractivity contribution in [2.24, 2.45) is 5.73 Å². The molecule has 1 aromatic carbocycles. The van der Waals surface area contributed by atoms with Crippen LogP contribution in [0.25, 0.3) is 0 Å². The molecule has 6 heteroatoms. The van der Waals surface area contributed by atoms with Gasteiger partial charge in [0.05, 0.1) is 4.90 Å². The largest absolute Gasteiger partial charge is 0.324 e. The predicted octanol–water partition coefficient (Wildman–Crippen LogP) is 0.935. The van der Waals surface area contributed by atoms with Gasteiger partial charge in [-0.05, 0) is 45.6 Å². The van der Waals surface area contributed by atoms with E-state index in [1.54, 1.807) is 24.3 Å². The minimum absolute atomic E-state index is 0.0997. The molecule has 2 unspecified atom stereocenters. The molecular weight excluding hydrogens is 262 g/mol. The molecule has 5 nitrogen and oxygen atoms in total. The number of benzene rings is 1. The third-order valence-electron chi connectivity index (χ3n) is 2.71. The van der Waals surface area contributed by atoms with Crippen LogP contribution in [-0.2, 0) is 10.0 Å². The first-order chi connectivity index (χ1) is 8.72. The summed E-state index contributed by atoms with van der Waals surface area (Å²) in [5.74, 6) is 0. The van der Waals surface area contributed by atoms with Crippen LogP contribution in [0, 0.1) is 0 Å². The van der Waals surface area contributed by atoms with Crippen molar-refractivity contribution in [3.63, 3.8) is 0 Å². The highest BCUT2D eigenvalue weighted by Gasteiger charge is 2.17. The SMILES string of the molecule is CC(CN(C)C)NS(=O)(=O)c1ccc(C(C)N)cc1. The molecule has 0 aliphatic carbocycles. The second-order valence-corrected chi connectivity index (χ2v) is 6.86. The van der Waals surface area contributed by atoms with Crippen LogP contribution in [0.1, 0.15) is 25.5 Å². The smallest absolute Gasteiger partial charge is 0.240 e. The lowest BCUT2D eigenvalue weighted by Gasteiger charge is -2.18. The molecule has 0 amide bonds. The molecule has 0 bridgehead atoms. The Balaban J connectivity index is 2.82. The van der Waals surface area contributed by atoms with Crippen LogP contribution in [0.4, 0.5) is 0 Å². The van der Waals surface area contributed by atoms with Crippen LogP contribution in [0.3, 0.4) is 0 Å². The van der Waals surface area contributed by atoms with Crippen molar-refractivity contribution in [3.8, 4) is 0 Å². The summed E-state index contributed by atoms with van der Waals surface area (Å²) in [6, 6.07) is 6.42. The van der Waals surface area contributed by atoms with Gasteiger partial charge in [-0.25, -0.2) is 13.1 Å². The van der Waals surface area contributed by atoms with Gasteiger partial charge >= 0.3 is 0 Å². The van der Waals surface area contributed by atoms with Crippen LogP contribution in [0.2, 0.25) is 0 Å². The van der Waals surface area contributed by atoms with Crippen molar-refractivity contribution in [2.75, 3.05) is 20.6 Å². The highest BCUT2D eigenvalue weighted by molar-refractivity contribution is 7.89. The fourth-order valence-electron chi connectivity index (χ4n) is 1.87. The van der Waals surface area contributed by atoms with Crippen LogP contribution < -0.4 is 10.5 Å². The third kappa shape index (κ3) is 4.91. The number of likely N-dealkylation sites (N-methyl/N-ethyl adjacent to an activating group) is 1. The normalized spacial score (nSPS) is 15.5. The zero-order valence-corrected chi connectivity index (χ0v) is 12.7. The molecule has 0 aromatic heterocycles. The maximum Gasteiger partial charge on any atom is 0.240 e. The average Bonchev–Trinajstić information content (AvgIpc) is 2.27. The number of rotatable bonds is 6. The van der Waals surface area contributed by atoms with Gasteiger partial charge < -0.3 is 10.6 Å². The summed E-state index contributed by atoms with van der Waals surface area (Å²) in [6.07, 6.45) is 0. The summed E-state index contributed by atoms with van der Waals surface area (Å²) >= 11 is 0. The Morgan fingerprint density at radius 1 is 1.21 bits per heavy atom. The maximum absolute atomic E-state index is 12.1. The lowest BCUT2D eigenvalue weighted by Crippen LogP contribution is -2.39. The standard InChI is InChI=1S/C13H23N3O2S/c1-10(9-16(3)4)15-19(17,18)13-7-5-12(6-8-13)11(2)14/h5-8,10-11,15H,9,14H2,1-4H3. The molecule has 108 valence electrons. The Hall–Kier alpha value is -0.950. The van der Waals surface area contributed by atoms with Crippen molar-refractivity contribution < 1.29 is 8.42 Å². The zero-order chi connectivity index (χ0) is 14.6. The van der Waals surface area contributed by atoms with E-state index in [0.29, 0.717) is 6.54 Å². The molecule has 0 heterocycles. The highest BCUT2D eigenvalue weighted by atomic mass is 32.2. The van der Waals surface area contributed by atoms with Crippen LogP contribution >= 0.6 is 0 Å². The minimum Gasteiger partial charge on any atom is -0.324 e. The van der Waals surface area contributed by atoms with E-state index in [1.165, 1.54) is 0 Å². The summed E-state index contributed by atoms with van der Waals surface area (Å²) in [7, 11) is 0.345. The van der Waals surface area contributed by atoms with Gasteiger partial charge in [0.2, 0.25) is 10.0 Å². The summed E-state index contributed by atoms with van der Waals surface area (Å²) in [5.41, 5.74) is 6.65. The Bertz CT molecular complexity index is 495. The Kier molecular flexibility index (Phi) is 5.49. The predicted molar refractivity (Wildman–Crippen MR) is 77.4 cm³/mol. The van der Waals surface area contributed by atoms with E-state index in [0.717, 1.165) is 5.56 Å². The number of nitrogens with two attached hydrogens (primary N) is 1. The van der Waals surface area contributed by atoms with Crippen LogP contribution in [0.5, 0.6) is 0 Å². The number of sulfonamides is 1. The second-order valence-electron chi connectivity index (χ2n) is 5.14. The monoisotopic (exact) mass is 285 g/mol. The van der Waals surface area contributed by atoms with Gasteiger partial charge in [0.1, 0.15) is 0 Å². The lowest BCUT2D eigenvalue weighted by atomic mass is 10.1. The molecule has 1 rings (SSSR count). The molecule has 0 fully saturated rings. The van der Waals surface area contributed by atoms with Gasteiger partial charge in [-0.2, -0.15) is 0 Å². The molecule has 19 heavy (non-hydrogen) atoms. The van der Waals surface area contributed by atoms with Gasteiger partial charge in [0.15, 0.2) is 0 Å². The highest BCUT2D eigenvalue weighted by Crippen LogP contribution is 2.14. The molecule has 0 radical (unpaired) electrons. The zero-order valence-electron chi connectivity index (χ0n) is 11.9. The second kappa shape index (κ2) is 6.47. The van der Waals surface area contributed by atoms with Crippen molar-refractivity contribution >= 4 is 10.0 Å². The molecule has 0 saturated carbocycles. The molecule has 0 saturated heterocycles. The van der Waals surface area contributed by atoms with Gasteiger partial charge in [0, 0.05) is 18.6 Å². The van der Waals surface area contributed by atoms with Crippen molar-refractivity contribution in [3.05, 3.63) is 29.8 Å². The summed E-state index contributed by atoms with van der Waals surface area (Å²) in [4.78, 5) is 2.20. The fraction of sp³-hybridized carbons (Fsp3) is 0.538. The van der Waals surface area contributed by atoms with E-state index < -0.39 is 10.0 Å². The fourth-order valence-corrected chi connectivity index (χ4v) is 3.10. The molecule has 3 N–H and O–H groups in total. The maximum atomic E-state index is 12.1. The first kappa shape index (κ1) is 16.1. The molecule has 0 aliphatic heterocycles. The minimum atomic E-state index is -3.47. The molecule has 1 aromatic rings. The topological polar surface area (TPSA) is 75.4 Å². The van der Waals surface area contributed by atoms with E-state index in [4.69, 9.17) is 5.73 Å². The number of nitrogens with one attached hydrogen (secondary N) is 1. The molecular formula is C13H23N3O2S. The first-order valence-electron chi connectivity index (χ1n) is 6.25.